The molecule has 100 valence electrons. The van der Waals surface area contributed by atoms with E-state index in [0.717, 1.165) is 0 Å². The summed E-state index contributed by atoms with van der Waals surface area (Å²) in [6.07, 6.45) is 0.188. The number of Topliss-reactive ketones (excluding diaryl/α,β-unsaturated/α-hetero) is 1. The molecular weight excluding hydrogens is 222 g/mol. The lowest BCUT2D eigenvalue weighted by Crippen LogP contribution is -2.58. The van der Waals surface area contributed by atoms with E-state index in [2.05, 4.69) is 5.32 Å². The first-order valence-corrected chi connectivity index (χ1v) is 5.53. The van der Waals surface area contributed by atoms with E-state index in [4.69, 9.17) is 11.5 Å². The molecular formula is C11H22N3O3-. The molecule has 0 fully saturated rings. The average Bonchev–Trinajstić information content (AvgIpc) is 2.07. The summed E-state index contributed by atoms with van der Waals surface area (Å²) in [4.78, 5) is 22.4. The quantitative estimate of drug-likeness (QED) is 0.467. The molecule has 0 rings (SSSR count). The van der Waals surface area contributed by atoms with Gasteiger partial charge in [0.25, 0.3) is 0 Å². The molecule has 0 aromatic carbocycles. The van der Waals surface area contributed by atoms with Crippen molar-refractivity contribution in [3.63, 3.8) is 0 Å². The molecule has 17 heavy (non-hydrogen) atoms. The Morgan fingerprint density at radius 1 is 1.24 bits per heavy atom. The van der Waals surface area contributed by atoms with Crippen molar-refractivity contribution in [2.75, 3.05) is 0 Å². The fourth-order valence-corrected chi connectivity index (χ4v) is 1.30. The van der Waals surface area contributed by atoms with Crippen LogP contribution in [0, 0.1) is 0 Å². The third-order valence-electron chi connectivity index (χ3n) is 2.21. The summed E-state index contributed by atoms with van der Waals surface area (Å²) in [7, 11) is 0. The highest BCUT2D eigenvalue weighted by Crippen LogP contribution is 2.08. The van der Waals surface area contributed by atoms with Crippen LogP contribution in [0.3, 0.4) is 0 Å². The second kappa shape index (κ2) is 5.57. The Morgan fingerprint density at radius 2 is 1.71 bits per heavy atom. The number of ketones is 1. The third-order valence-corrected chi connectivity index (χ3v) is 2.21. The van der Waals surface area contributed by atoms with Crippen LogP contribution >= 0.6 is 0 Å². The number of carboxylic acid groups (broad SMARTS) is 1. The van der Waals surface area contributed by atoms with Gasteiger partial charge in [-0.25, -0.2) is 0 Å². The van der Waals surface area contributed by atoms with Crippen LogP contribution < -0.4 is 21.9 Å². The van der Waals surface area contributed by atoms with Crippen molar-refractivity contribution in [3.05, 3.63) is 0 Å². The number of carboxylic acids is 1. The maximum Gasteiger partial charge on any atom is 0.152 e. The van der Waals surface area contributed by atoms with Crippen molar-refractivity contribution in [2.45, 2.75) is 57.8 Å². The predicted molar refractivity (Wildman–Crippen MR) is 62.7 cm³/mol. The Bertz CT molecular complexity index is 289. The van der Waals surface area contributed by atoms with E-state index in [9.17, 15) is 14.7 Å². The Labute approximate surface area is 102 Å². The number of hydrogen-bond acceptors (Lipinski definition) is 6. The van der Waals surface area contributed by atoms with Crippen LogP contribution in [-0.2, 0) is 9.59 Å². The molecule has 0 aliphatic rings. The second-order valence-electron chi connectivity index (χ2n) is 5.42. The second-order valence-corrected chi connectivity index (χ2v) is 5.42. The number of nitrogens with two attached hydrogens (primary N) is 2. The number of hydrogen-bond donors (Lipinski definition) is 3. The molecule has 0 amide bonds. The zero-order valence-electron chi connectivity index (χ0n) is 10.9. The lowest BCUT2D eigenvalue weighted by atomic mass is 9.95. The van der Waals surface area contributed by atoms with Crippen molar-refractivity contribution < 1.29 is 14.7 Å². The van der Waals surface area contributed by atoms with E-state index in [1.807, 2.05) is 0 Å². The molecule has 0 saturated carbocycles. The topological polar surface area (TPSA) is 121 Å². The first kappa shape index (κ1) is 16.0. The first-order chi connectivity index (χ1) is 7.43. The zero-order valence-corrected chi connectivity index (χ0v) is 10.9. The molecule has 0 aliphatic heterocycles. The van der Waals surface area contributed by atoms with Gasteiger partial charge in [-0.3, -0.25) is 10.1 Å². The van der Waals surface area contributed by atoms with E-state index in [1.165, 1.54) is 0 Å². The Morgan fingerprint density at radius 3 is 2.00 bits per heavy atom. The van der Waals surface area contributed by atoms with Gasteiger partial charge >= 0.3 is 0 Å². The zero-order chi connectivity index (χ0) is 13.9. The van der Waals surface area contributed by atoms with E-state index < -0.39 is 23.2 Å². The standard InChI is InChI=1S/C11H23N3O3/c1-10(2,12)8(15)6-5-7(9(16)17)14-11(3,4)13/h7,14H,5-6,12-13H2,1-4H3,(H,16,17)/p-1. The first-order valence-electron chi connectivity index (χ1n) is 5.53. The average molecular weight is 244 g/mol. The van der Waals surface area contributed by atoms with Crippen molar-refractivity contribution in [2.24, 2.45) is 11.5 Å². The summed E-state index contributed by atoms with van der Waals surface area (Å²) < 4.78 is 0. The van der Waals surface area contributed by atoms with Gasteiger partial charge < -0.3 is 21.4 Å². The summed E-state index contributed by atoms with van der Waals surface area (Å²) in [6, 6.07) is -0.957. The largest absolute Gasteiger partial charge is 0.548 e. The molecule has 0 radical (unpaired) electrons. The third kappa shape index (κ3) is 7.04. The molecule has 0 bridgehead atoms. The maximum absolute atomic E-state index is 11.6. The number of rotatable bonds is 7. The van der Waals surface area contributed by atoms with Crippen LogP contribution in [0.25, 0.3) is 0 Å². The summed E-state index contributed by atoms with van der Waals surface area (Å²) in [5.41, 5.74) is 9.47. The fraction of sp³-hybridized carbons (Fsp3) is 0.818. The minimum absolute atomic E-state index is 0.0746. The molecule has 0 aromatic heterocycles. The van der Waals surface area contributed by atoms with E-state index >= 15 is 0 Å². The van der Waals surface area contributed by atoms with Crippen LogP contribution in [0.2, 0.25) is 0 Å². The van der Waals surface area contributed by atoms with Gasteiger partial charge in [-0.15, -0.1) is 0 Å². The highest BCUT2D eigenvalue weighted by Gasteiger charge is 2.24. The van der Waals surface area contributed by atoms with Crippen molar-refractivity contribution in [3.8, 4) is 0 Å². The maximum atomic E-state index is 11.6. The molecule has 5 N–H and O–H groups in total. The van der Waals surface area contributed by atoms with Crippen molar-refractivity contribution in [1.29, 1.82) is 0 Å². The van der Waals surface area contributed by atoms with Crippen LogP contribution in [0.1, 0.15) is 40.5 Å². The molecule has 0 heterocycles. The summed E-state index contributed by atoms with van der Waals surface area (Å²) in [6.45, 7) is 6.45. The van der Waals surface area contributed by atoms with Crippen molar-refractivity contribution in [1.82, 2.24) is 5.32 Å². The van der Waals surface area contributed by atoms with Gasteiger partial charge in [0.2, 0.25) is 0 Å². The fourth-order valence-electron chi connectivity index (χ4n) is 1.30. The minimum Gasteiger partial charge on any atom is -0.548 e. The van der Waals surface area contributed by atoms with Crippen molar-refractivity contribution >= 4 is 11.8 Å². The van der Waals surface area contributed by atoms with E-state index in [0.29, 0.717) is 0 Å². The number of carbonyl (C=O) groups is 2. The molecule has 0 aromatic rings. The number of nitrogens with one attached hydrogen (secondary N) is 1. The Kier molecular flexibility index (Phi) is 5.25. The predicted octanol–water partition coefficient (Wildman–Crippen LogP) is -1.52. The lowest BCUT2D eigenvalue weighted by Gasteiger charge is -2.29. The van der Waals surface area contributed by atoms with Crippen LogP contribution in [0.4, 0.5) is 0 Å². The van der Waals surface area contributed by atoms with Gasteiger partial charge in [-0.1, -0.05) is 0 Å². The SMILES string of the molecule is CC(C)(N)NC(CCC(=O)C(C)(C)N)C(=O)[O-]. The molecule has 1 unspecified atom stereocenters. The summed E-state index contributed by atoms with van der Waals surface area (Å²) >= 11 is 0. The molecule has 1 atom stereocenters. The number of aliphatic carboxylic acids is 1. The highest BCUT2D eigenvalue weighted by molar-refractivity contribution is 5.87. The molecule has 6 nitrogen and oxygen atoms in total. The molecule has 0 saturated heterocycles. The summed E-state index contributed by atoms with van der Waals surface area (Å²) in [5.74, 6) is -1.47. The van der Waals surface area contributed by atoms with Crippen LogP contribution in [0.15, 0.2) is 0 Å². The van der Waals surface area contributed by atoms with Gasteiger partial charge in [0.1, 0.15) is 0 Å². The van der Waals surface area contributed by atoms with Crippen LogP contribution in [-0.4, -0.2) is 29.0 Å². The van der Waals surface area contributed by atoms with Gasteiger partial charge in [-0.2, -0.15) is 0 Å². The lowest BCUT2D eigenvalue weighted by molar-refractivity contribution is -0.309. The number of carbonyl (C=O) groups excluding carboxylic acids is 2. The summed E-state index contributed by atoms with van der Waals surface area (Å²) in [5, 5.41) is 13.6. The van der Waals surface area contributed by atoms with Crippen LogP contribution in [0.5, 0.6) is 0 Å². The van der Waals surface area contributed by atoms with Gasteiger partial charge in [0, 0.05) is 12.5 Å². The van der Waals surface area contributed by atoms with Gasteiger partial charge in [-0.05, 0) is 34.1 Å². The molecule has 0 aliphatic carbocycles. The van der Waals surface area contributed by atoms with Gasteiger partial charge in [0.15, 0.2) is 5.78 Å². The molecule has 0 spiro atoms. The smallest absolute Gasteiger partial charge is 0.152 e. The minimum atomic E-state index is -1.27. The van der Waals surface area contributed by atoms with Gasteiger partial charge in [0.05, 0.1) is 17.2 Å². The molecule has 6 heteroatoms. The highest BCUT2D eigenvalue weighted by atomic mass is 16.4. The Balaban J connectivity index is 4.40. The van der Waals surface area contributed by atoms with E-state index in [-0.39, 0.29) is 18.6 Å². The van der Waals surface area contributed by atoms with E-state index in [1.54, 1.807) is 27.7 Å². The Hall–Kier alpha value is -0.980. The normalized spacial score (nSPS) is 14.5. The monoisotopic (exact) mass is 244 g/mol.